The summed E-state index contributed by atoms with van der Waals surface area (Å²) in [6.45, 7) is 9.72. The number of hydrogen-bond acceptors (Lipinski definition) is 3. The molecule has 0 fully saturated rings. The summed E-state index contributed by atoms with van der Waals surface area (Å²) in [4.78, 5) is 17.0. The quantitative estimate of drug-likeness (QED) is 0.595. The van der Waals surface area contributed by atoms with Crippen molar-refractivity contribution in [2.45, 2.75) is 39.3 Å². The van der Waals surface area contributed by atoms with Crippen molar-refractivity contribution in [2.24, 2.45) is 0 Å². The Kier molecular flexibility index (Phi) is 5.01. The van der Waals surface area contributed by atoms with Crippen LogP contribution in [0.1, 0.15) is 5.82 Å². The molecular weight excluding hydrogens is 348 g/mol. The number of nitrogens with zero attached hydrogens (tertiary/aromatic N) is 2. The predicted octanol–water partition coefficient (Wildman–Crippen LogP) is 3.78. The largest absolute Gasteiger partial charge is 0.361 e. The minimum Gasteiger partial charge on any atom is -0.361 e. The number of aryl methyl sites for hydroxylation is 1. The summed E-state index contributed by atoms with van der Waals surface area (Å²) in [5.74, 6) is 0.683. The van der Waals surface area contributed by atoms with Gasteiger partial charge in [0.05, 0.1) is 10.9 Å². The van der Waals surface area contributed by atoms with Crippen molar-refractivity contribution in [1.82, 2.24) is 9.55 Å². The van der Waals surface area contributed by atoms with Crippen molar-refractivity contribution in [1.29, 1.82) is 0 Å². The van der Waals surface area contributed by atoms with E-state index in [9.17, 15) is 4.79 Å². The second-order valence-electron chi connectivity index (χ2n) is 6.40. The molecule has 1 heterocycles. The topological polar surface area (TPSA) is 44.1 Å². The van der Waals surface area contributed by atoms with Crippen molar-refractivity contribution in [3.63, 3.8) is 0 Å². The fraction of sp³-hybridized carbons (Fsp3) is 0.467. The van der Waals surface area contributed by atoms with Crippen molar-refractivity contribution >= 4 is 34.9 Å². The molecule has 2 rings (SSSR count). The zero-order chi connectivity index (χ0) is 15.6. The Morgan fingerprint density at radius 2 is 2.05 bits per heavy atom. The van der Waals surface area contributed by atoms with Gasteiger partial charge in [0.15, 0.2) is 0 Å². The van der Waals surface area contributed by atoms with Crippen LogP contribution in [0.5, 0.6) is 0 Å². The lowest BCUT2D eigenvalue weighted by Gasteiger charge is -2.16. The van der Waals surface area contributed by atoms with E-state index >= 15 is 0 Å². The van der Waals surface area contributed by atoms with Crippen molar-refractivity contribution in [3.8, 4) is 0 Å². The molecule has 6 heteroatoms. The minimum atomic E-state index is -1.11. The van der Waals surface area contributed by atoms with Gasteiger partial charge in [0, 0.05) is 19.2 Å². The lowest BCUT2D eigenvalue weighted by molar-refractivity contribution is 0.0829. The van der Waals surface area contributed by atoms with Gasteiger partial charge in [0.25, 0.3) is 5.56 Å². The summed E-state index contributed by atoms with van der Waals surface area (Å²) < 4.78 is 8.16. The molecular formula is C15H21BrN2O2Si. The molecule has 0 saturated heterocycles. The van der Waals surface area contributed by atoms with E-state index in [1.165, 1.54) is 0 Å². The summed E-state index contributed by atoms with van der Waals surface area (Å²) in [6, 6.07) is 6.64. The standard InChI is InChI=1S/C15H21BrN2O2Si/c1-11-17-14-6-5-12(16)9-13(14)15(19)18(11)10-20-7-8-21(2,3)4/h5-6,9H,7-8,10H2,1-4H3. The first kappa shape index (κ1) is 16.4. The molecule has 0 saturated carbocycles. The number of aromatic nitrogens is 2. The van der Waals surface area contributed by atoms with Gasteiger partial charge >= 0.3 is 0 Å². The smallest absolute Gasteiger partial charge is 0.263 e. The first-order chi connectivity index (χ1) is 9.78. The third-order valence-electron chi connectivity index (χ3n) is 3.32. The number of fused-ring (bicyclic) bond motifs is 1. The monoisotopic (exact) mass is 368 g/mol. The molecule has 0 aliphatic rings. The maximum Gasteiger partial charge on any atom is 0.263 e. The molecule has 0 spiro atoms. The lowest BCUT2D eigenvalue weighted by atomic mass is 10.2. The molecule has 0 N–H and O–H groups in total. The van der Waals surface area contributed by atoms with Gasteiger partial charge < -0.3 is 4.74 Å². The van der Waals surface area contributed by atoms with E-state index in [0.717, 1.165) is 16.0 Å². The number of benzene rings is 1. The molecule has 0 amide bonds. The number of hydrogen-bond donors (Lipinski definition) is 0. The summed E-state index contributed by atoms with van der Waals surface area (Å²) in [5, 5.41) is 0.615. The molecule has 0 unspecified atom stereocenters. The zero-order valence-corrected chi connectivity index (χ0v) is 15.5. The summed E-state index contributed by atoms with van der Waals surface area (Å²) in [7, 11) is -1.11. The molecule has 0 aliphatic carbocycles. The van der Waals surface area contributed by atoms with Gasteiger partial charge in [-0.05, 0) is 31.2 Å². The number of halogens is 1. The van der Waals surface area contributed by atoms with E-state index in [2.05, 4.69) is 40.6 Å². The van der Waals surface area contributed by atoms with Gasteiger partial charge in [-0.25, -0.2) is 4.98 Å². The molecule has 0 atom stereocenters. The van der Waals surface area contributed by atoms with Crippen LogP contribution in [0.4, 0.5) is 0 Å². The maximum absolute atomic E-state index is 12.5. The molecule has 21 heavy (non-hydrogen) atoms. The Balaban J connectivity index is 2.22. The average molecular weight is 369 g/mol. The number of ether oxygens (including phenoxy) is 1. The predicted molar refractivity (Wildman–Crippen MR) is 92.5 cm³/mol. The van der Waals surface area contributed by atoms with E-state index in [1.807, 2.05) is 25.1 Å². The van der Waals surface area contributed by atoms with E-state index < -0.39 is 8.07 Å². The zero-order valence-electron chi connectivity index (χ0n) is 12.9. The maximum atomic E-state index is 12.5. The summed E-state index contributed by atoms with van der Waals surface area (Å²) in [5.41, 5.74) is 0.672. The molecule has 2 aromatic rings. The SMILES string of the molecule is Cc1nc2ccc(Br)cc2c(=O)n1COCC[Si](C)(C)C. The van der Waals surface area contributed by atoms with Gasteiger partial charge in [-0.15, -0.1) is 0 Å². The second kappa shape index (κ2) is 6.42. The fourth-order valence-corrected chi connectivity index (χ4v) is 3.11. The van der Waals surface area contributed by atoms with E-state index in [0.29, 0.717) is 17.8 Å². The van der Waals surface area contributed by atoms with Gasteiger partial charge in [-0.2, -0.15) is 0 Å². The van der Waals surface area contributed by atoms with Crippen LogP contribution < -0.4 is 5.56 Å². The Hall–Kier alpha value is -0.983. The first-order valence-electron chi connectivity index (χ1n) is 7.02. The normalized spacial score (nSPS) is 12.0. The molecule has 0 bridgehead atoms. The minimum absolute atomic E-state index is 0.0493. The Bertz CT molecular complexity index is 707. The van der Waals surface area contributed by atoms with Crippen molar-refractivity contribution in [2.75, 3.05) is 6.61 Å². The molecule has 0 aliphatic heterocycles. The Morgan fingerprint density at radius 3 is 2.71 bits per heavy atom. The summed E-state index contributed by atoms with van der Waals surface area (Å²) in [6.07, 6.45) is 0. The van der Waals surface area contributed by atoms with Crippen LogP contribution in [-0.4, -0.2) is 24.2 Å². The van der Waals surface area contributed by atoms with Gasteiger partial charge in [0.1, 0.15) is 12.6 Å². The molecule has 0 radical (unpaired) electrons. The van der Waals surface area contributed by atoms with Gasteiger partial charge in [-0.3, -0.25) is 9.36 Å². The van der Waals surface area contributed by atoms with E-state index in [1.54, 1.807) is 4.57 Å². The third kappa shape index (κ3) is 4.25. The second-order valence-corrected chi connectivity index (χ2v) is 12.9. The van der Waals surface area contributed by atoms with Crippen LogP contribution in [0.2, 0.25) is 25.7 Å². The highest BCUT2D eigenvalue weighted by molar-refractivity contribution is 9.10. The molecule has 114 valence electrons. The third-order valence-corrected chi connectivity index (χ3v) is 5.52. The highest BCUT2D eigenvalue weighted by atomic mass is 79.9. The lowest BCUT2D eigenvalue weighted by Crippen LogP contribution is -2.27. The summed E-state index contributed by atoms with van der Waals surface area (Å²) >= 11 is 3.39. The number of rotatable bonds is 5. The first-order valence-corrected chi connectivity index (χ1v) is 11.5. The molecule has 1 aromatic heterocycles. The van der Waals surface area contributed by atoms with Crippen LogP contribution in [0, 0.1) is 6.92 Å². The fourth-order valence-electron chi connectivity index (χ4n) is 1.99. The highest BCUT2D eigenvalue weighted by Gasteiger charge is 2.13. The van der Waals surface area contributed by atoms with Crippen LogP contribution in [0.3, 0.4) is 0 Å². The highest BCUT2D eigenvalue weighted by Crippen LogP contribution is 2.16. The van der Waals surface area contributed by atoms with Crippen molar-refractivity contribution in [3.05, 3.63) is 38.9 Å². The van der Waals surface area contributed by atoms with Crippen LogP contribution in [0.25, 0.3) is 10.9 Å². The van der Waals surface area contributed by atoms with Crippen molar-refractivity contribution < 1.29 is 4.74 Å². The van der Waals surface area contributed by atoms with Crippen LogP contribution in [0.15, 0.2) is 27.5 Å². The van der Waals surface area contributed by atoms with Crippen LogP contribution in [-0.2, 0) is 11.5 Å². The van der Waals surface area contributed by atoms with Gasteiger partial charge in [-0.1, -0.05) is 35.6 Å². The average Bonchev–Trinajstić information content (AvgIpc) is 2.37. The Labute approximate surface area is 134 Å². The van der Waals surface area contributed by atoms with E-state index in [4.69, 9.17) is 4.74 Å². The molecule has 4 nitrogen and oxygen atoms in total. The molecule has 1 aromatic carbocycles. The van der Waals surface area contributed by atoms with E-state index in [-0.39, 0.29) is 12.3 Å². The van der Waals surface area contributed by atoms with Gasteiger partial charge in [0.2, 0.25) is 0 Å². The van der Waals surface area contributed by atoms with Crippen LogP contribution >= 0.6 is 15.9 Å². The Morgan fingerprint density at radius 1 is 1.33 bits per heavy atom.